The lowest BCUT2D eigenvalue weighted by atomic mass is 9.94. The zero-order valence-corrected chi connectivity index (χ0v) is 21.0. The summed E-state index contributed by atoms with van der Waals surface area (Å²) in [6.07, 6.45) is 6.12. The molecule has 0 spiro atoms. The van der Waals surface area contributed by atoms with Crippen molar-refractivity contribution in [3.8, 4) is 5.75 Å². The highest BCUT2D eigenvalue weighted by Gasteiger charge is 2.43. The van der Waals surface area contributed by atoms with E-state index in [4.69, 9.17) is 4.74 Å². The minimum absolute atomic E-state index is 0.0772. The maximum Gasteiger partial charge on any atom is 0.408 e. The second-order valence-corrected chi connectivity index (χ2v) is 10.6. The number of aryl methyl sites for hydroxylation is 1. The van der Waals surface area contributed by atoms with Gasteiger partial charge in [-0.05, 0) is 83.6 Å². The Morgan fingerprint density at radius 3 is 2.29 bits per heavy atom. The number of benzene rings is 1. The molecule has 8 nitrogen and oxygen atoms in total. The molecule has 0 aromatic heterocycles. The van der Waals surface area contributed by atoms with Crippen molar-refractivity contribution < 1.29 is 24.2 Å². The van der Waals surface area contributed by atoms with Crippen molar-refractivity contribution in [3.05, 3.63) is 29.3 Å². The molecule has 34 heavy (non-hydrogen) atoms. The SMILES string of the molecule is Cc1cc(C(C(=O)NC2CCCCC2)N(C(=O)C(C)NC(=O)OC(C)(C)C)C2CC2)ccc1O. The summed E-state index contributed by atoms with van der Waals surface area (Å²) in [5.74, 6) is -0.413. The van der Waals surface area contributed by atoms with Gasteiger partial charge in [0.05, 0.1) is 0 Å². The van der Waals surface area contributed by atoms with Crippen LogP contribution in [-0.4, -0.2) is 51.6 Å². The summed E-state index contributed by atoms with van der Waals surface area (Å²) >= 11 is 0. The third-order valence-corrected chi connectivity index (χ3v) is 6.31. The number of carbonyl (C=O) groups is 3. The smallest absolute Gasteiger partial charge is 0.408 e. The van der Waals surface area contributed by atoms with Crippen LogP contribution in [0.15, 0.2) is 18.2 Å². The van der Waals surface area contributed by atoms with E-state index in [1.54, 1.807) is 57.7 Å². The van der Waals surface area contributed by atoms with Crippen LogP contribution in [0.25, 0.3) is 0 Å². The Balaban J connectivity index is 1.87. The van der Waals surface area contributed by atoms with E-state index in [1.807, 2.05) is 0 Å². The molecule has 8 heteroatoms. The van der Waals surface area contributed by atoms with Crippen LogP contribution in [0, 0.1) is 6.92 Å². The lowest BCUT2D eigenvalue weighted by Crippen LogP contribution is -2.53. The van der Waals surface area contributed by atoms with Crippen molar-refractivity contribution in [1.82, 2.24) is 15.5 Å². The van der Waals surface area contributed by atoms with Crippen molar-refractivity contribution in [2.45, 2.75) is 109 Å². The zero-order valence-electron chi connectivity index (χ0n) is 21.0. The highest BCUT2D eigenvalue weighted by atomic mass is 16.6. The van der Waals surface area contributed by atoms with Gasteiger partial charge >= 0.3 is 6.09 Å². The molecule has 0 radical (unpaired) electrons. The second kappa shape index (κ2) is 10.7. The number of hydrogen-bond acceptors (Lipinski definition) is 5. The lowest BCUT2D eigenvalue weighted by Gasteiger charge is -2.35. The first-order valence-corrected chi connectivity index (χ1v) is 12.4. The monoisotopic (exact) mass is 473 g/mol. The van der Waals surface area contributed by atoms with Gasteiger partial charge in [-0.1, -0.05) is 25.3 Å². The maximum atomic E-state index is 13.6. The normalized spacial score (nSPS) is 18.5. The summed E-state index contributed by atoms with van der Waals surface area (Å²) in [6, 6.07) is 3.32. The minimum Gasteiger partial charge on any atom is -0.508 e. The molecule has 0 saturated heterocycles. The number of nitrogens with one attached hydrogen (secondary N) is 2. The number of hydrogen-bond donors (Lipinski definition) is 3. The van der Waals surface area contributed by atoms with Crippen LogP contribution in [0.4, 0.5) is 4.79 Å². The van der Waals surface area contributed by atoms with Gasteiger partial charge in [0.25, 0.3) is 0 Å². The van der Waals surface area contributed by atoms with Gasteiger partial charge in [0, 0.05) is 12.1 Å². The zero-order chi connectivity index (χ0) is 25.0. The number of carbonyl (C=O) groups excluding carboxylic acids is 3. The Morgan fingerprint density at radius 1 is 1.09 bits per heavy atom. The quantitative estimate of drug-likeness (QED) is 0.553. The van der Waals surface area contributed by atoms with Crippen molar-refractivity contribution in [3.63, 3.8) is 0 Å². The number of amides is 3. The fourth-order valence-electron chi connectivity index (χ4n) is 4.45. The Hall–Kier alpha value is -2.77. The van der Waals surface area contributed by atoms with E-state index in [9.17, 15) is 19.5 Å². The first-order chi connectivity index (χ1) is 16.0. The van der Waals surface area contributed by atoms with Gasteiger partial charge in [-0.25, -0.2) is 4.79 Å². The number of nitrogens with zero attached hydrogens (tertiary/aromatic N) is 1. The van der Waals surface area contributed by atoms with Crippen molar-refractivity contribution in [2.75, 3.05) is 0 Å². The minimum atomic E-state index is -0.862. The molecule has 2 saturated carbocycles. The number of phenolic OH excluding ortho intramolecular Hbond substituents is 1. The molecule has 2 aliphatic rings. The standard InChI is InChI=1S/C26H39N3O5/c1-16-15-18(11-14-21(16)30)22(23(31)28-19-9-7-6-8-10-19)29(20-12-13-20)24(32)17(2)27-25(33)34-26(3,4)5/h11,14-15,17,19-20,22,30H,6-10,12-13H2,1-5H3,(H,27,33)(H,28,31). The molecule has 0 heterocycles. The summed E-state index contributed by atoms with van der Waals surface area (Å²) in [5.41, 5.74) is 0.596. The molecule has 3 rings (SSSR count). The summed E-state index contributed by atoms with van der Waals surface area (Å²) in [6.45, 7) is 8.65. The van der Waals surface area contributed by atoms with Crippen molar-refractivity contribution >= 4 is 17.9 Å². The number of rotatable bonds is 7. The predicted octanol–water partition coefficient (Wildman–Crippen LogP) is 4.09. The van der Waals surface area contributed by atoms with Gasteiger partial charge in [0.15, 0.2) is 0 Å². The molecule has 188 valence electrons. The van der Waals surface area contributed by atoms with Gasteiger partial charge in [0.1, 0.15) is 23.4 Å². The lowest BCUT2D eigenvalue weighted by molar-refractivity contribution is -0.143. The van der Waals surface area contributed by atoms with Crippen LogP contribution in [0.1, 0.15) is 89.8 Å². The van der Waals surface area contributed by atoms with E-state index < -0.39 is 23.8 Å². The largest absolute Gasteiger partial charge is 0.508 e. The molecule has 2 unspecified atom stereocenters. The number of ether oxygens (including phenoxy) is 1. The molecule has 1 aromatic carbocycles. The molecular formula is C26H39N3O5. The van der Waals surface area contributed by atoms with E-state index in [0.29, 0.717) is 11.1 Å². The fourth-order valence-corrected chi connectivity index (χ4v) is 4.45. The van der Waals surface area contributed by atoms with E-state index in [-0.39, 0.29) is 29.6 Å². The van der Waals surface area contributed by atoms with Gasteiger partial charge in [-0.2, -0.15) is 0 Å². The van der Waals surface area contributed by atoms with Crippen molar-refractivity contribution in [1.29, 1.82) is 0 Å². The van der Waals surface area contributed by atoms with Gasteiger partial charge in [0.2, 0.25) is 11.8 Å². The fraction of sp³-hybridized carbons (Fsp3) is 0.654. The molecule has 0 bridgehead atoms. The van der Waals surface area contributed by atoms with Crippen LogP contribution in [-0.2, 0) is 14.3 Å². The molecule has 0 aliphatic heterocycles. The van der Waals surface area contributed by atoms with Crippen LogP contribution in [0.2, 0.25) is 0 Å². The molecule has 2 fully saturated rings. The average molecular weight is 474 g/mol. The Labute approximate surface area is 202 Å². The van der Waals surface area contributed by atoms with E-state index in [0.717, 1.165) is 38.5 Å². The topological polar surface area (TPSA) is 108 Å². The molecule has 1 aromatic rings. The van der Waals surface area contributed by atoms with E-state index in [2.05, 4.69) is 10.6 Å². The Bertz CT molecular complexity index is 900. The van der Waals surface area contributed by atoms with Gasteiger partial charge in [-0.3, -0.25) is 9.59 Å². The third kappa shape index (κ3) is 6.87. The predicted molar refractivity (Wildman–Crippen MR) is 129 cm³/mol. The third-order valence-electron chi connectivity index (χ3n) is 6.31. The van der Waals surface area contributed by atoms with Gasteiger partial charge < -0.3 is 25.4 Å². The molecular weight excluding hydrogens is 434 g/mol. The van der Waals surface area contributed by atoms with E-state index >= 15 is 0 Å². The van der Waals surface area contributed by atoms with Crippen LogP contribution in [0.3, 0.4) is 0 Å². The van der Waals surface area contributed by atoms with Crippen molar-refractivity contribution in [2.24, 2.45) is 0 Å². The number of phenols is 1. The first kappa shape index (κ1) is 25.8. The second-order valence-electron chi connectivity index (χ2n) is 10.6. The Kier molecular flexibility index (Phi) is 8.10. The van der Waals surface area contributed by atoms with Gasteiger partial charge in [-0.15, -0.1) is 0 Å². The summed E-state index contributed by atoms with van der Waals surface area (Å²) in [5, 5.41) is 15.8. The maximum absolute atomic E-state index is 13.6. The van der Waals surface area contributed by atoms with E-state index in [1.165, 1.54) is 6.42 Å². The molecule has 3 amide bonds. The Morgan fingerprint density at radius 2 is 1.74 bits per heavy atom. The number of aromatic hydroxyl groups is 1. The first-order valence-electron chi connectivity index (χ1n) is 12.4. The average Bonchev–Trinajstić information content (AvgIpc) is 3.58. The summed E-state index contributed by atoms with van der Waals surface area (Å²) < 4.78 is 5.31. The molecule has 3 N–H and O–H groups in total. The van der Waals surface area contributed by atoms with Crippen LogP contribution in [0.5, 0.6) is 5.75 Å². The number of alkyl carbamates (subject to hydrolysis) is 1. The van der Waals surface area contributed by atoms with Crippen LogP contribution >= 0.6 is 0 Å². The highest BCUT2D eigenvalue weighted by Crippen LogP contribution is 2.37. The summed E-state index contributed by atoms with van der Waals surface area (Å²) in [7, 11) is 0. The van der Waals surface area contributed by atoms with Crippen LogP contribution < -0.4 is 10.6 Å². The highest BCUT2D eigenvalue weighted by molar-refractivity contribution is 5.92. The molecule has 2 aliphatic carbocycles. The molecule has 2 atom stereocenters. The summed E-state index contributed by atoms with van der Waals surface area (Å²) in [4.78, 5) is 41.2.